The number of nitrogens with one attached hydrogen (secondary N) is 1. The molecule has 0 fully saturated rings. The maximum absolute atomic E-state index is 12.4. The summed E-state index contributed by atoms with van der Waals surface area (Å²) < 4.78 is 37.1. The summed E-state index contributed by atoms with van der Waals surface area (Å²) >= 11 is 0. The van der Waals surface area contributed by atoms with Gasteiger partial charge in [0.05, 0.1) is 30.4 Å². The molecule has 0 heterocycles. The molecule has 0 saturated heterocycles. The van der Waals surface area contributed by atoms with Gasteiger partial charge < -0.3 is 9.47 Å². The van der Waals surface area contributed by atoms with Gasteiger partial charge in [-0.25, -0.2) is 13.2 Å². The number of benzene rings is 2. The van der Waals surface area contributed by atoms with Crippen molar-refractivity contribution in [2.75, 3.05) is 18.9 Å². The Hall–Kier alpha value is -2.54. The van der Waals surface area contributed by atoms with E-state index in [1.165, 1.54) is 44.6 Å². The highest BCUT2D eigenvalue weighted by atomic mass is 32.2. The van der Waals surface area contributed by atoms with Crippen molar-refractivity contribution in [3.8, 4) is 5.75 Å². The van der Waals surface area contributed by atoms with Crippen LogP contribution in [0.25, 0.3) is 0 Å². The average Bonchev–Trinajstić information content (AvgIpc) is 2.54. The molecule has 2 aromatic carbocycles. The number of sulfonamides is 1. The molecule has 0 spiro atoms. The summed E-state index contributed by atoms with van der Waals surface area (Å²) in [6.45, 7) is 1.87. The molecular weight excluding hydrogens is 318 g/mol. The fourth-order valence-corrected chi connectivity index (χ4v) is 3.01. The van der Waals surface area contributed by atoms with Gasteiger partial charge in [0.1, 0.15) is 5.75 Å². The molecule has 2 aromatic rings. The Morgan fingerprint density at radius 1 is 1.04 bits per heavy atom. The number of hydrogen-bond acceptors (Lipinski definition) is 5. The lowest BCUT2D eigenvalue weighted by molar-refractivity contribution is 0.0600. The van der Waals surface area contributed by atoms with Crippen LogP contribution >= 0.6 is 0 Å². The van der Waals surface area contributed by atoms with Crippen molar-refractivity contribution in [1.82, 2.24) is 0 Å². The van der Waals surface area contributed by atoms with E-state index in [0.29, 0.717) is 5.75 Å². The first-order valence-electron chi connectivity index (χ1n) is 6.73. The van der Waals surface area contributed by atoms with Crippen LogP contribution in [0.2, 0.25) is 0 Å². The molecule has 0 aromatic heterocycles. The Labute approximate surface area is 135 Å². The van der Waals surface area contributed by atoms with Crippen LogP contribution in [0.5, 0.6) is 5.75 Å². The highest BCUT2D eigenvalue weighted by molar-refractivity contribution is 7.92. The molecular formula is C16H17NO5S. The number of hydrogen-bond donors (Lipinski definition) is 1. The average molecular weight is 335 g/mol. The minimum absolute atomic E-state index is 0.119. The standard InChI is InChI=1S/C16H17NO5S/c1-11-4-7-13(8-5-11)23(19,20)17-14-10-12(16(18)22-3)6-9-15(14)21-2/h4-10,17H,1-3H3. The van der Waals surface area contributed by atoms with Gasteiger partial charge in [-0.2, -0.15) is 0 Å². The smallest absolute Gasteiger partial charge is 0.337 e. The Morgan fingerprint density at radius 3 is 2.26 bits per heavy atom. The van der Waals surface area contributed by atoms with E-state index in [1.54, 1.807) is 12.1 Å². The minimum atomic E-state index is -3.79. The van der Waals surface area contributed by atoms with E-state index in [1.807, 2.05) is 6.92 Å². The number of rotatable bonds is 5. The third-order valence-corrected chi connectivity index (χ3v) is 4.58. The van der Waals surface area contributed by atoms with Crippen molar-refractivity contribution in [2.45, 2.75) is 11.8 Å². The van der Waals surface area contributed by atoms with E-state index >= 15 is 0 Å². The van der Waals surface area contributed by atoms with Crippen molar-refractivity contribution < 1.29 is 22.7 Å². The lowest BCUT2D eigenvalue weighted by Crippen LogP contribution is -2.14. The van der Waals surface area contributed by atoms with Crippen LogP contribution in [0, 0.1) is 6.92 Å². The second kappa shape index (κ2) is 6.70. The summed E-state index contributed by atoms with van der Waals surface area (Å²) in [5.41, 5.74) is 1.33. The second-order valence-electron chi connectivity index (χ2n) is 4.83. The molecule has 0 aliphatic rings. The van der Waals surface area contributed by atoms with Gasteiger partial charge in [0.2, 0.25) is 0 Å². The zero-order valence-electron chi connectivity index (χ0n) is 13.0. The summed E-state index contributed by atoms with van der Waals surface area (Å²) in [4.78, 5) is 11.7. The minimum Gasteiger partial charge on any atom is -0.495 e. The van der Waals surface area contributed by atoms with Gasteiger partial charge in [0, 0.05) is 0 Å². The first-order valence-corrected chi connectivity index (χ1v) is 8.21. The van der Waals surface area contributed by atoms with E-state index in [9.17, 15) is 13.2 Å². The number of anilines is 1. The lowest BCUT2D eigenvalue weighted by atomic mass is 10.2. The molecule has 1 N–H and O–H groups in total. The Balaban J connectivity index is 2.41. The summed E-state index contributed by atoms with van der Waals surface area (Å²) in [5, 5.41) is 0. The first-order chi connectivity index (χ1) is 10.9. The molecule has 0 aliphatic heterocycles. The molecule has 2 rings (SSSR count). The normalized spacial score (nSPS) is 10.9. The number of methoxy groups -OCH3 is 2. The van der Waals surface area contributed by atoms with E-state index < -0.39 is 16.0 Å². The highest BCUT2D eigenvalue weighted by Gasteiger charge is 2.18. The van der Waals surface area contributed by atoms with Gasteiger partial charge in [0.15, 0.2) is 0 Å². The molecule has 0 saturated carbocycles. The number of aryl methyl sites for hydroxylation is 1. The predicted molar refractivity (Wildman–Crippen MR) is 86.3 cm³/mol. The Bertz CT molecular complexity index is 813. The second-order valence-corrected chi connectivity index (χ2v) is 6.51. The SMILES string of the molecule is COC(=O)c1ccc(OC)c(NS(=O)(=O)c2ccc(C)cc2)c1. The van der Waals surface area contributed by atoms with Crippen LogP contribution in [-0.4, -0.2) is 28.6 Å². The number of carbonyl (C=O) groups is 1. The topological polar surface area (TPSA) is 81.7 Å². The zero-order valence-corrected chi connectivity index (χ0v) is 13.8. The fraction of sp³-hybridized carbons (Fsp3) is 0.188. The van der Waals surface area contributed by atoms with Gasteiger partial charge in [-0.3, -0.25) is 4.72 Å². The molecule has 0 amide bonds. The number of carbonyl (C=O) groups excluding carboxylic acids is 1. The molecule has 0 aliphatic carbocycles. The summed E-state index contributed by atoms with van der Waals surface area (Å²) in [7, 11) is -1.13. The van der Waals surface area contributed by atoms with Crippen LogP contribution in [0.3, 0.4) is 0 Å². The molecule has 0 unspecified atom stereocenters. The van der Waals surface area contributed by atoms with Crippen LogP contribution in [0.1, 0.15) is 15.9 Å². The third kappa shape index (κ3) is 3.81. The van der Waals surface area contributed by atoms with Crippen molar-refractivity contribution in [1.29, 1.82) is 0 Å². The molecule has 23 heavy (non-hydrogen) atoms. The Morgan fingerprint density at radius 2 is 1.70 bits per heavy atom. The van der Waals surface area contributed by atoms with Gasteiger partial charge in [-0.15, -0.1) is 0 Å². The van der Waals surface area contributed by atoms with Gasteiger partial charge in [-0.1, -0.05) is 17.7 Å². The van der Waals surface area contributed by atoms with Crippen molar-refractivity contribution >= 4 is 21.7 Å². The molecule has 6 nitrogen and oxygen atoms in total. The van der Waals surface area contributed by atoms with E-state index in [-0.39, 0.29) is 16.1 Å². The predicted octanol–water partition coefficient (Wildman–Crippen LogP) is 2.59. The Kier molecular flexibility index (Phi) is 4.90. The number of ether oxygens (including phenoxy) is 2. The molecule has 0 bridgehead atoms. The quantitative estimate of drug-likeness (QED) is 0.849. The van der Waals surface area contributed by atoms with E-state index in [0.717, 1.165) is 5.56 Å². The van der Waals surface area contributed by atoms with Crippen molar-refractivity contribution in [3.63, 3.8) is 0 Å². The maximum Gasteiger partial charge on any atom is 0.337 e. The highest BCUT2D eigenvalue weighted by Crippen LogP contribution is 2.28. The van der Waals surface area contributed by atoms with Gasteiger partial charge in [0.25, 0.3) is 10.0 Å². The van der Waals surface area contributed by atoms with Crippen LogP contribution in [0.15, 0.2) is 47.4 Å². The van der Waals surface area contributed by atoms with Crippen molar-refractivity contribution in [3.05, 3.63) is 53.6 Å². The molecule has 0 radical (unpaired) electrons. The zero-order chi connectivity index (χ0) is 17.0. The largest absolute Gasteiger partial charge is 0.495 e. The van der Waals surface area contributed by atoms with Crippen LogP contribution in [0.4, 0.5) is 5.69 Å². The monoisotopic (exact) mass is 335 g/mol. The van der Waals surface area contributed by atoms with Gasteiger partial charge >= 0.3 is 5.97 Å². The van der Waals surface area contributed by atoms with Crippen LogP contribution < -0.4 is 9.46 Å². The van der Waals surface area contributed by atoms with Crippen LogP contribution in [-0.2, 0) is 14.8 Å². The van der Waals surface area contributed by atoms with E-state index in [4.69, 9.17) is 4.74 Å². The lowest BCUT2D eigenvalue weighted by Gasteiger charge is -2.13. The number of esters is 1. The summed E-state index contributed by atoms with van der Waals surface area (Å²) in [6.07, 6.45) is 0. The molecule has 7 heteroatoms. The van der Waals surface area contributed by atoms with E-state index in [2.05, 4.69) is 9.46 Å². The maximum atomic E-state index is 12.4. The summed E-state index contributed by atoms with van der Waals surface area (Å²) in [5.74, 6) is -0.267. The third-order valence-electron chi connectivity index (χ3n) is 3.20. The van der Waals surface area contributed by atoms with Crippen molar-refractivity contribution in [2.24, 2.45) is 0 Å². The molecule has 122 valence electrons. The fourth-order valence-electron chi connectivity index (χ4n) is 1.95. The summed E-state index contributed by atoms with van der Waals surface area (Å²) in [6, 6.07) is 10.8. The van der Waals surface area contributed by atoms with Gasteiger partial charge in [-0.05, 0) is 37.3 Å². The molecule has 0 atom stereocenters. The first kappa shape index (κ1) is 16.8.